The normalized spacial score (nSPS) is 15.2. The Morgan fingerprint density at radius 3 is 2.69 bits per heavy atom. The van der Waals surface area contributed by atoms with E-state index in [-0.39, 0.29) is 0 Å². The molecule has 1 aliphatic heterocycles. The van der Waals surface area contributed by atoms with Crippen molar-refractivity contribution < 1.29 is 4.57 Å². The van der Waals surface area contributed by atoms with E-state index in [0.717, 1.165) is 6.54 Å². The average molecular weight is 339 g/mol. The number of nitrogens with zero attached hydrogens (tertiary/aromatic N) is 2. The van der Waals surface area contributed by atoms with Crippen molar-refractivity contribution in [2.75, 3.05) is 11.4 Å². The first-order valence-electron chi connectivity index (χ1n) is 9.08. The van der Waals surface area contributed by atoms with E-state index in [2.05, 4.69) is 115 Å². The highest BCUT2D eigenvalue weighted by Gasteiger charge is 2.13. The molecule has 0 saturated heterocycles. The second-order valence-corrected chi connectivity index (χ2v) is 6.50. The van der Waals surface area contributed by atoms with Gasteiger partial charge in [-0.1, -0.05) is 48.6 Å². The van der Waals surface area contributed by atoms with Gasteiger partial charge in [0.2, 0.25) is 5.52 Å². The summed E-state index contributed by atoms with van der Waals surface area (Å²) >= 11 is 0. The lowest BCUT2D eigenvalue weighted by atomic mass is 9.99. The number of pyridine rings is 1. The number of aromatic nitrogens is 1. The van der Waals surface area contributed by atoms with E-state index in [0.29, 0.717) is 0 Å². The van der Waals surface area contributed by atoms with Crippen LogP contribution in [0.4, 0.5) is 5.69 Å². The van der Waals surface area contributed by atoms with Gasteiger partial charge in [0, 0.05) is 36.1 Å². The average Bonchev–Trinajstić information content (AvgIpc) is 2.70. The van der Waals surface area contributed by atoms with E-state index in [4.69, 9.17) is 0 Å². The third-order valence-corrected chi connectivity index (χ3v) is 4.92. The quantitative estimate of drug-likeness (QED) is 0.601. The van der Waals surface area contributed by atoms with Crippen LogP contribution in [0, 0.1) is 0 Å². The number of aryl methyl sites for hydroxylation is 1. The smallest absolute Gasteiger partial charge is 0.212 e. The summed E-state index contributed by atoms with van der Waals surface area (Å²) in [6.45, 7) is 3.15. The monoisotopic (exact) mass is 339 g/mol. The van der Waals surface area contributed by atoms with Gasteiger partial charge >= 0.3 is 0 Å². The summed E-state index contributed by atoms with van der Waals surface area (Å²) in [5.74, 6) is 0. The largest absolute Gasteiger partial charge is 0.348 e. The summed E-state index contributed by atoms with van der Waals surface area (Å²) in [7, 11) is 2.08. The maximum absolute atomic E-state index is 2.28. The van der Waals surface area contributed by atoms with Crippen LogP contribution >= 0.6 is 0 Å². The Morgan fingerprint density at radius 1 is 1.00 bits per heavy atom. The first-order valence-corrected chi connectivity index (χ1v) is 9.08. The summed E-state index contributed by atoms with van der Waals surface area (Å²) < 4.78 is 2.16. The van der Waals surface area contributed by atoms with Crippen molar-refractivity contribution in [1.29, 1.82) is 0 Å². The van der Waals surface area contributed by atoms with Crippen LogP contribution in [-0.4, -0.2) is 6.54 Å². The van der Waals surface area contributed by atoms with Gasteiger partial charge in [-0.05, 0) is 36.3 Å². The van der Waals surface area contributed by atoms with Crippen LogP contribution in [0.3, 0.4) is 0 Å². The minimum Gasteiger partial charge on any atom is -0.348 e. The van der Waals surface area contributed by atoms with E-state index in [1.807, 2.05) is 0 Å². The number of hydrogen-bond donors (Lipinski definition) is 0. The zero-order valence-corrected chi connectivity index (χ0v) is 15.3. The molecule has 0 saturated carbocycles. The Kier molecular flexibility index (Phi) is 4.40. The number of para-hydroxylation sites is 2. The molecule has 3 aromatic rings. The van der Waals surface area contributed by atoms with E-state index >= 15 is 0 Å². The zero-order valence-electron chi connectivity index (χ0n) is 15.3. The van der Waals surface area contributed by atoms with Crippen molar-refractivity contribution in [3.63, 3.8) is 0 Å². The Balaban J connectivity index is 1.70. The van der Waals surface area contributed by atoms with E-state index in [1.54, 1.807) is 0 Å². The highest BCUT2D eigenvalue weighted by Crippen LogP contribution is 2.32. The molecule has 2 aromatic carbocycles. The van der Waals surface area contributed by atoms with Crippen molar-refractivity contribution >= 4 is 28.2 Å². The van der Waals surface area contributed by atoms with Crippen LogP contribution in [0.5, 0.6) is 0 Å². The lowest BCUT2D eigenvalue weighted by Crippen LogP contribution is -2.28. The van der Waals surface area contributed by atoms with E-state index < -0.39 is 0 Å². The predicted octanol–water partition coefficient (Wildman–Crippen LogP) is 5.11. The number of allylic oxidation sites excluding steroid dienone is 4. The molecule has 0 aliphatic carbocycles. The van der Waals surface area contributed by atoms with Crippen LogP contribution in [0.2, 0.25) is 0 Å². The molecule has 0 bridgehead atoms. The molecule has 0 atom stereocenters. The van der Waals surface area contributed by atoms with Crippen LogP contribution in [0.15, 0.2) is 85.2 Å². The molecule has 1 aliphatic rings. The summed E-state index contributed by atoms with van der Waals surface area (Å²) in [6.07, 6.45) is 13.0. The molecule has 26 heavy (non-hydrogen) atoms. The Hall–Kier alpha value is -3.13. The number of rotatable bonds is 3. The zero-order chi connectivity index (χ0) is 17.9. The fourth-order valence-corrected chi connectivity index (χ4v) is 3.52. The van der Waals surface area contributed by atoms with Crippen LogP contribution < -0.4 is 9.47 Å². The van der Waals surface area contributed by atoms with Gasteiger partial charge in [-0.2, -0.15) is 0 Å². The van der Waals surface area contributed by atoms with Gasteiger partial charge in [-0.15, -0.1) is 0 Å². The van der Waals surface area contributed by atoms with Gasteiger partial charge < -0.3 is 4.90 Å². The predicted molar refractivity (Wildman–Crippen MR) is 111 cm³/mol. The van der Waals surface area contributed by atoms with Crippen molar-refractivity contribution in [2.45, 2.75) is 6.92 Å². The fraction of sp³-hybridized carbons (Fsp3) is 0.125. The molecule has 1 aromatic heterocycles. The molecule has 0 radical (unpaired) electrons. The minimum absolute atomic E-state index is 0.976. The molecule has 0 N–H and O–H groups in total. The van der Waals surface area contributed by atoms with Gasteiger partial charge in [0.1, 0.15) is 7.05 Å². The summed E-state index contributed by atoms with van der Waals surface area (Å²) in [5, 5.41) is 1.27. The Morgan fingerprint density at radius 2 is 1.81 bits per heavy atom. The standard InChI is InChI=1S/C24H23N2/c1-3-26-18-16-20(22-12-5-7-14-24(22)26)10-8-9-19-15-17-25(2)23-13-6-4-11-21(19)23/h4-18H,3H2,1-2H3/q+1. The molecule has 128 valence electrons. The molecular weight excluding hydrogens is 316 g/mol. The molecule has 2 heteroatoms. The van der Waals surface area contributed by atoms with Gasteiger partial charge in [0.15, 0.2) is 6.20 Å². The highest BCUT2D eigenvalue weighted by molar-refractivity contribution is 5.89. The Labute approximate surface area is 155 Å². The number of anilines is 1. The second-order valence-electron chi connectivity index (χ2n) is 6.50. The first kappa shape index (κ1) is 16.3. The molecular formula is C24H23N2+. The number of hydrogen-bond acceptors (Lipinski definition) is 1. The molecule has 0 spiro atoms. The van der Waals surface area contributed by atoms with Gasteiger partial charge in [-0.25, -0.2) is 4.57 Å². The van der Waals surface area contributed by atoms with Crippen molar-refractivity contribution in [1.82, 2.24) is 0 Å². The van der Waals surface area contributed by atoms with Gasteiger partial charge in [0.25, 0.3) is 0 Å². The number of benzene rings is 2. The van der Waals surface area contributed by atoms with Crippen molar-refractivity contribution in [3.8, 4) is 0 Å². The van der Waals surface area contributed by atoms with Crippen LogP contribution in [0.25, 0.3) is 22.6 Å². The van der Waals surface area contributed by atoms with Crippen LogP contribution in [-0.2, 0) is 7.05 Å². The highest BCUT2D eigenvalue weighted by atomic mass is 15.1. The van der Waals surface area contributed by atoms with Gasteiger partial charge in [0.05, 0.1) is 5.39 Å². The molecule has 4 rings (SSSR count). The second kappa shape index (κ2) is 7.01. The minimum atomic E-state index is 0.976. The maximum Gasteiger partial charge on any atom is 0.212 e. The molecule has 0 fully saturated rings. The summed E-state index contributed by atoms with van der Waals surface area (Å²) in [4.78, 5) is 2.28. The summed E-state index contributed by atoms with van der Waals surface area (Å²) in [6, 6.07) is 19.3. The van der Waals surface area contributed by atoms with Gasteiger partial charge in [-0.3, -0.25) is 0 Å². The third-order valence-electron chi connectivity index (χ3n) is 4.92. The molecule has 2 heterocycles. The third kappa shape index (κ3) is 2.95. The van der Waals surface area contributed by atoms with Crippen molar-refractivity contribution in [2.24, 2.45) is 7.05 Å². The van der Waals surface area contributed by atoms with E-state index in [1.165, 1.54) is 33.3 Å². The lowest BCUT2D eigenvalue weighted by molar-refractivity contribution is -0.644. The van der Waals surface area contributed by atoms with Crippen molar-refractivity contribution in [3.05, 3.63) is 96.3 Å². The molecule has 0 unspecified atom stereocenters. The topological polar surface area (TPSA) is 7.12 Å². The first-order chi connectivity index (χ1) is 12.8. The van der Waals surface area contributed by atoms with Crippen LogP contribution in [0.1, 0.15) is 18.1 Å². The fourth-order valence-electron chi connectivity index (χ4n) is 3.52. The molecule has 2 nitrogen and oxygen atoms in total. The Bertz CT molecular complexity index is 1040. The summed E-state index contributed by atoms with van der Waals surface area (Å²) in [5.41, 5.74) is 6.27. The maximum atomic E-state index is 2.28. The number of fused-ring (bicyclic) bond motifs is 2. The van der Waals surface area contributed by atoms with E-state index in [9.17, 15) is 0 Å². The SMILES string of the molecule is CCN1C=CC(=CC=Cc2cc[n+](C)c3ccccc23)c2ccccc21. The lowest BCUT2D eigenvalue weighted by Gasteiger charge is -2.26. The molecule has 0 amide bonds.